The van der Waals surface area contributed by atoms with Crippen LogP contribution in [0.4, 0.5) is 0 Å². The summed E-state index contributed by atoms with van der Waals surface area (Å²) >= 11 is 0. The zero-order valence-electron chi connectivity index (χ0n) is 10.7. The van der Waals surface area contributed by atoms with E-state index in [0.717, 1.165) is 18.5 Å². The lowest BCUT2D eigenvalue weighted by molar-refractivity contribution is 0.956. The minimum absolute atomic E-state index is 1.08. The molecule has 0 spiro atoms. The van der Waals surface area contributed by atoms with E-state index < -0.39 is 0 Å². The number of aryl methyl sites for hydroxylation is 2. The van der Waals surface area contributed by atoms with Crippen LogP contribution in [0, 0.1) is 0 Å². The average molecular weight is 248 g/mol. The van der Waals surface area contributed by atoms with Crippen LogP contribution < -0.4 is 0 Å². The first-order valence-electron chi connectivity index (χ1n) is 6.53. The molecule has 19 heavy (non-hydrogen) atoms. The minimum atomic E-state index is 1.08. The van der Waals surface area contributed by atoms with E-state index >= 15 is 0 Å². The van der Waals surface area contributed by atoms with Crippen LogP contribution in [0.5, 0.6) is 0 Å². The van der Waals surface area contributed by atoms with Gasteiger partial charge in [0.1, 0.15) is 0 Å². The SMILES string of the molecule is c1ccc(CCc2ccc(-n3ccnc3)cc2)cc1. The molecule has 0 saturated carbocycles. The molecule has 3 rings (SSSR count). The Labute approximate surface area is 113 Å². The first-order valence-corrected chi connectivity index (χ1v) is 6.53. The highest BCUT2D eigenvalue weighted by Gasteiger charge is 1.98. The molecule has 0 unspecified atom stereocenters. The predicted molar refractivity (Wildman–Crippen MR) is 77.4 cm³/mol. The average Bonchev–Trinajstić information content (AvgIpc) is 3.01. The quantitative estimate of drug-likeness (QED) is 0.689. The van der Waals surface area contributed by atoms with Gasteiger partial charge in [-0.05, 0) is 36.1 Å². The maximum atomic E-state index is 4.06. The van der Waals surface area contributed by atoms with Crippen LogP contribution in [0.15, 0.2) is 73.3 Å². The maximum Gasteiger partial charge on any atom is 0.0991 e. The molecule has 0 saturated heterocycles. The largest absolute Gasteiger partial charge is 0.306 e. The summed E-state index contributed by atoms with van der Waals surface area (Å²) in [7, 11) is 0. The van der Waals surface area contributed by atoms with Gasteiger partial charge in [-0.15, -0.1) is 0 Å². The zero-order chi connectivity index (χ0) is 12.9. The molecular weight excluding hydrogens is 232 g/mol. The molecule has 2 heteroatoms. The van der Waals surface area contributed by atoms with Crippen LogP contribution in [0.25, 0.3) is 5.69 Å². The third kappa shape index (κ3) is 2.91. The van der Waals surface area contributed by atoms with Crippen molar-refractivity contribution in [1.82, 2.24) is 9.55 Å². The van der Waals surface area contributed by atoms with Gasteiger partial charge in [-0.3, -0.25) is 0 Å². The second-order valence-electron chi connectivity index (χ2n) is 4.62. The van der Waals surface area contributed by atoms with Gasteiger partial charge in [0, 0.05) is 18.1 Å². The fraction of sp³-hybridized carbons (Fsp3) is 0.118. The van der Waals surface area contributed by atoms with E-state index in [9.17, 15) is 0 Å². The molecule has 0 N–H and O–H groups in total. The second kappa shape index (κ2) is 5.53. The van der Waals surface area contributed by atoms with Gasteiger partial charge >= 0.3 is 0 Å². The molecule has 0 aliphatic heterocycles. The summed E-state index contributed by atoms with van der Waals surface area (Å²) in [6.45, 7) is 0. The Bertz CT molecular complexity index is 610. The van der Waals surface area contributed by atoms with Crippen LogP contribution in [-0.4, -0.2) is 9.55 Å². The number of benzene rings is 2. The second-order valence-corrected chi connectivity index (χ2v) is 4.62. The molecule has 0 bridgehead atoms. The van der Waals surface area contributed by atoms with Crippen molar-refractivity contribution in [2.75, 3.05) is 0 Å². The highest BCUT2D eigenvalue weighted by Crippen LogP contribution is 2.11. The van der Waals surface area contributed by atoms with E-state index in [4.69, 9.17) is 0 Å². The standard InChI is InChI=1S/C17H16N2/c1-2-4-15(5-3-1)6-7-16-8-10-17(11-9-16)19-13-12-18-14-19/h1-5,8-14H,6-7H2. The topological polar surface area (TPSA) is 17.8 Å². The molecule has 0 amide bonds. The lowest BCUT2D eigenvalue weighted by Crippen LogP contribution is -1.93. The highest BCUT2D eigenvalue weighted by molar-refractivity contribution is 5.34. The summed E-state index contributed by atoms with van der Waals surface area (Å²) in [6, 6.07) is 19.3. The molecular formula is C17H16N2. The van der Waals surface area contributed by atoms with Gasteiger partial charge in [0.25, 0.3) is 0 Å². The lowest BCUT2D eigenvalue weighted by Gasteiger charge is -2.05. The normalized spacial score (nSPS) is 10.5. The van der Waals surface area contributed by atoms with Crippen molar-refractivity contribution >= 4 is 0 Å². The summed E-state index contributed by atoms with van der Waals surface area (Å²) in [6.07, 6.45) is 7.74. The Morgan fingerprint density at radius 1 is 0.789 bits per heavy atom. The van der Waals surface area contributed by atoms with Crippen molar-refractivity contribution in [1.29, 1.82) is 0 Å². The lowest BCUT2D eigenvalue weighted by atomic mass is 10.0. The van der Waals surface area contributed by atoms with Crippen LogP contribution in [0.3, 0.4) is 0 Å². The van der Waals surface area contributed by atoms with E-state index in [-0.39, 0.29) is 0 Å². The summed E-state index contributed by atoms with van der Waals surface area (Å²) in [5.74, 6) is 0. The van der Waals surface area contributed by atoms with Crippen molar-refractivity contribution in [3.8, 4) is 5.69 Å². The molecule has 1 heterocycles. The fourth-order valence-electron chi connectivity index (χ4n) is 2.18. The summed E-state index contributed by atoms with van der Waals surface area (Å²) < 4.78 is 2.01. The Hall–Kier alpha value is -2.35. The molecule has 2 aromatic carbocycles. The number of nitrogens with zero attached hydrogens (tertiary/aromatic N) is 2. The Morgan fingerprint density at radius 2 is 1.47 bits per heavy atom. The van der Waals surface area contributed by atoms with Crippen LogP contribution in [-0.2, 0) is 12.8 Å². The van der Waals surface area contributed by atoms with Gasteiger partial charge in [0.05, 0.1) is 6.33 Å². The van der Waals surface area contributed by atoms with Crippen molar-refractivity contribution in [2.24, 2.45) is 0 Å². The van der Waals surface area contributed by atoms with E-state index in [2.05, 4.69) is 59.6 Å². The van der Waals surface area contributed by atoms with Crippen LogP contribution in [0.2, 0.25) is 0 Å². The van der Waals surface area contributed by atoms with Crippen LogP contribution in [0.1, 0.15) is 11.1 Å². The van der Waals surface area contributed by atoms with Crippen molar-refractivity contribution < 1.29 is 0 Å². The molecule has 3 aromatic rings. The number of rotatable bonds is 4. The van der Waals surface area contributed by atoms with Gasteiger partial charge in [-0.1, -0.05) is 42.5 Å². The monoisotopic (exact) mass is 248 g/mol. The van der Waals surface area contributed by atoms with E-state index in [0.29, 0.717) is 0 Å². The van der Waals surface area contributed by atoms with Crippen molar-refractivity contribution in [2.45, 2.75) is 12.8 Å². The summed E-state index contributed by atoms with van der Waals surface area (Å²) in [4.78, 5) is 4.06. The van der Waals surface area contributed by atoms with Crippen molar-refractivity contribution in [3.05, 3.63) is 84.4 Å². The van der Waals surface area contributed by atoms with Gasteiger partial charge in [-0.2, -0.15) is 0 Å². The summed E-state index contributed by atoms with van der Waals surface area (Å²) in [5.41, 5.74) is 3.91. The number of hydrogen-bond acceptors (Lipinski definition) is 1. The number of aromatic nitrogens is 2. The predicted octanol–water partition coefficient (Wildman–Crippen LogP) is 3.66. The van der Waals surface area contributed by atoms with Gasteiger partial charge in [0.2, 0.25) is 0 Å². The Morgan fingerprint density at radius 3 is 2.11 bits per heavy atom. The van der Waals surface area contributed by atoms with Gasteiger partial charge < -0.3 is 4.57 Å². The summed E-state index contributed by atoms with van der Waals surface area (Å²) in [5, 5.41) is 0. The van der Waals surface area contributed by atoms with E-state index in [1.165, 1.54) is 11.1 Å². The third-order valence-electron chi connectivity index (χ3n) is 3.28. The smallest absolute Gasteiger partial charge is 0.0991 e. The van der Waals surface area contributed by atoms with Crippen molar-refractivity contribution in [3.63, 3.8) is 0 Å². The Kier molecular flexibility index (Phi) is 3.41. The molecule has 1 aromatic heterocycles. The molecule has 0 aliphatic rings. The van der Waals surface area contributed by atoms with Crippen LogP contribution >= 0.6 is 0 Å². The van der Waals surface area contributed by atoms with E-state index in [1.54, 1.807) is 6.20 Å². The minimum Gasteiger partial charge on any atom is -0.306 e. The fourth-order valence-corrected chi connectivity index (χ4v) is 2.18. The molecule has 0 aliphatic carbocycles. The highest BCUT2D eigenvalue weighted by atomic mass is 15.0. The molecule has 0 radical (unpaired) electrons. The van der Waals surface area contributed by atoms with Gasteiger partial charge in [-0.25, -0.2) is 4.98 Å². The third-order valence-corrected chi connectivity index (χ3v) is 3.28. The molecule has 0 atom stereocenters. The Balaban J connectivity index is 1.67. The molecule has 94 valence electrons. The number of hydrogen-bond donors (Lipinski definition) is 0. The van der Waals surface area contributed by atoms with E-state index in [1.807, 2.05) is 17.1 Å². The molecule has 2 nitrogen and oxygen atoms in total. The zero-order valence-corrected chi connectivity index (χ0v) is 10.7. The maximum absolute atomic E-state index is 4.06. The first-order chi connectivity index (χ1) is 9.42. The first kappa shape index (κ1) is 11.7. The van der Waals surface area contributed by atoms with Gasteiger partial charge in [0.15, 0.2) is 0 Å². The molecule has 0 fully saturated rings. The number of imidazole rings is 1.